The van der Waals surface area contributed by atoms with E-state index < -0.39 is 11.8 Å². The highest BCUT2D eigenvalue weighted by molar-refractivity contribution is 5.95. The van der Waals surface area contributed by atoms with E-state index in [1.807, 2.05) is 24.3 Å². The van der Waals surface area contributed by atoms with Crippen LogP contribution in [0.1, 0.15) is 36.7 Å². The number of carbonyl (C=O) groups is 2. The SMILES string of the molecule is COc1ccc(C(=O)NNC(=O)COc2ccccc2C(C)(C)C)cc1. The third-order valence-electron chi connectivity index (χ3n) is 3.72. The first-order chi connectivity index (χ1) is 12.3. The minimum atomic E-state index is -0.449. The van der Waals surface area contributed by atoms with Crippen LogP contribution in [0.5, 0.6) is 11.5 Å². The molecule has 2 aromatic carbocycles. The van der Waals surface area contributed by atoms with E-state index in [2.05, 4.69) is 31.6 Å². The van der Waals surface area contributed by atoms with Crippen LogP contribution in [0.4, 0.5) is 0 Å². The van der Waals surface area contributed by atoms with Crippen molar-refractivity contribution in [1.82, 2.24) is 10.9 Å². The Morgan fingerprint density at radius 1 is 0.962 bits per heavy atom. The fourth-order valence-corrected chi connectivity index (χ4v) is 2.33. The molecular formula is C20H24N2O4. The fraction of sp³-hybridized carbons (Fsp3) is 0.300. The molecule has 2 aromatic rings. The molecule has 0 radical (unpaired) electrons. The van der Waals surface area contributed by atoms with Gasteiger partial charge in [0, 0.05) is 5.56 Å². The zero-order valence-electron chi connectivity index (χ0n) is 15.5. The van der Waals surface area contributed by atoms with E-state index in [-0.39, 0.29) is 12.0 Å². The average molecular weight is 356 g/mol. The van der Waals surface area contributed by atoms with Gasteiger partial charge in [0.05, 0.1) is 7.11 Å². The van der Waals surface area contributed by atoms with E-state index in [0.29, 0.717) is 17.1 Å². The van der Waals surface area contributed by atoms with E-state index >= 15 is 0 Å². The monoisotopic (exact) mass is 356 g/mol. The van der Waals surface area contributed by atoms with Crippen LogP contribution < -0.4 is 20.3 Å². The van der Waals surface area contributed by atoms with Gasteiger partial charge in [-0.25, -0.2) is 0 Å². The number of hydrazine groups is 1. The normalized spacial score (nSPS) is 10.8. The van der Waals surface area contributed by atoms with Crippen LogP contribution in [0.3, 0.4) is 0 Å². The lowest BCUT2D eigenvalue weighted by molar-refractivity contribution is -0.123. The maximum atomic E-state index is 12.0. The first-order valence-electron chi connectivity index (χ1n) is 8.27. The van der Waals surface area contributed by atoms with Crippen molar-refractivity contribution in [3.8, 4) is 11.5 Å². The van der Waals surface area contributed by atoms with E-state index in [9.17, 15) is 9.59 Å². The largest absolute Gasteiger partial charge is 0.497 e. The summed E-state index contributed by atoms with van der Waals surface area (Å²) >= 11 is 0. The number of nitrogens with one attached hydrogen (secondary N) is 2. The minimum Gasteiger partial charge on any atom is -0.497 e. The van der Waals surface area contributed by atoms with Crippen molar-refractivity contribution < 1.29 is 19.1 Å². The van der Waals surface area contributed by atoms with Gasteiger partial charge in [-0.05, 0) is 41.3 Å². The van der Waals surface area contributed by atoms with Gasteiger partial charge in [-0.2, -0.15) is 0 Å². The van der Waals surface area contributed by atoms with Crippen molar-refractivity contribution in [3.05, 3.63) is 59.7 Å². The van der Waals surface area contributed by atoms with Gasteiger partial charge >= 0.3 is 0 Å². The zero-order valence-corrected chi connectivity index (χ0v) is 15.5. The number of methoxy groups -OCH3 is 1. The van der Waals surface area contributed by atoms with E-state index in [1.54, 1.807) is 31.4 Å². The van der Waals surface area contributed by atoms with Crippen molar-refractivity contribution in [2.75, 3.05) is 13.7 Å². The Morgan fingerprint density at radius 3 is 2.23 bits per heavy atom. The highest BCUT2D eigenvalue weighted by Crippen LogP contribution is 2.30. The maximum absolute atomic E-state index is 12.0. The third kappa shape index (κ3) is 5.24. The number of hydrogen-bond donors (Lipinski definition) is 2. The first-order valence-corrected chi connectivity index (χ1v) is 8.27. The highest BCUT2D eigenvalue weighted by Gasteiger charge is 2.19. The summed E-state index contributed by atoms with van der Waals surface area (Å²) in [6.07, 6.45) is 0. The second kappa shape index (κ2) is 8.38. The first kappa shape index (κ1) is 19.3. The topological polar surface area (TPSA) is 76.7 Å². The molecule has 0 bridgehead atoms. The quantitative estimate of drug-likeness (QED) is 0.808. The smallest absolute Gasteiger partial charge is 0.276 e. The minimum absolute atomic E-state index is 0.102. The molecule has 2 amide bonds. The Kier molecular flexibility index (Phi) is 6.22. The van der Waals surface area contributed by atoms with Gasteiger partial charge in [-0.1, -0.05) is 39.0 Å². The lowest BCUT2D eigenvalue weighted by Crippen LogP contribution is -2.43. The second-order valence-corrected chi connectivity index (χ2v) is 6.77. The molecule has 138 valence electrons. The van der Waals surface area contributed by atoms with Gasteiger partial charge in [0.2, 0.25) is 0 Å². The Labute approximate surface area is 153 Å². The van der Waals surface area contributed by atoms with E-state index in [1.165, 1.54) is 0 Å². The highest BCUT2D eigenvalue weighted by atomic mass is 16.5. The van der Waals surface area contributed by atoms with Crippen LogP contribution in [0.2, 0.25) is 0 Å². The molecular weight excluding hydrogens is 332 g/mol. The third-order valence-corrected chi connectivity index (χ3v) is 3.72. The summed E-state index contributed by atoms with van der Waals surface area (Å²) in [7, 11) is 1.55. The predicted molar refractivity (Wildman–Crippen MR) is 99.2 cm³/mol. The number of hydrogen-bond acceptors (Lipinski definition) is 4. The average Bonchev–Trinajstić information content (AvgIpc) is 2.64. The Balaban J connectivity index is 1.87. The summed E-state index contributed by atoms with van der Waals surface area (Å²) in [6.45, 7) is 6.02. The van der Waals surface area contributed by atoms with Crippen molar-refractivity contribution in [1.29, 1.82) is 0 Å². The van der Waals surface area contributed by atoms with Crippen LogP contribution in [-0.2, 0) is 10.2 Å². The van der Waals surface area contributed by atoms with Gasteiger partial charge in [0.15, 0.2) is 6.61 Å². The summed E-state index contributed by atoms with van der Waals surface area (Å²) in [5.41, 5.74) is 6.02. The van der Waals surface area contributed by atoms with Gasteiger partial charge in [0.25, 0.3) is 11.8 Å². The second-order valence-electron chi connectivity index (χ2n) is 6.77. The molecule has 0 aromatic heterocycles. The summed E-state index contributed by atoms with van der Waals surface area (Å²) in [5.74, 6) is 0.430. The van der Waals surface area contributed by atoms with E-state index in [0.717, 1.165) is 5.56 Å². The van der Waals surface area contributed by atoms with Gasteiger partial charge in [-0.3, -0.25) is 20.4 Å². The number of para-hydroxylation sites is 1. The molecule has 0 aliphatic heterocycles. The summed E-state index contributed by atoms with van der Waals surface area (Å²) in [6, 6.07) is 14.1. The molecule has 26 heavy (non-hydrogen) atoms. The number of carbonyl (C=O) groups excluding carboxylic acids is 2. The number of benzene rings is 2. The molecule has 0 saturated heterocycles. The van der Waals surface area contributed by atoms with Crippen LogP contribution in [0.25, 0.3) is 0 Å². The van der Waals surface area contributed by atoms with Crippen LogP contribution in [0.15, 0.2) is 48.5 Å². The van der Waals surface area contributed by atoms with Crippen LogP contribution in [0, 0.1) is 0 Å². The molecule has 0 aliphatic carbocycles. The fourth-order valence-electron chi connectivity index (χ4n) is 2.33. The molecule has 0 aliphatic rings. The van der Waals surface area contributed by atoms with Crippen molar-refractivity contribution in [2.45, 2.75) is 26.2 Å². The zero-order chi connectivity index (χ0) is 19.2. The van der Waals surface area contributed by atoms with E-state index in [4.69, 9.17) is 9.47 Å². The molecule has 0 spiro atoms. The summed E-state index contributed by atoms with van der Waals surface area (Å²) in [5, 5.41) is 0. The molecule has 6 heteroatoms. The van der Waals surface area contributed by atoms with Crippen molar-refractivity contribution >= 4 is 11.8 Å². The molecule has 0 atom stereocenters. The summed E-state index contributed by atoms with van der Waals surface area (Å²) < 4.78 is 10.7. The molecule has 2 N–H and O–H groups in total. The number of rotatable bonds is 5. The lowest BCUT2D eigenvalue weighted by Gasteiger charge is -2.22. The number of ether oxygens (including phenoxy) is 2. The van der Waals surface area contributed by atoms with Gasteiger partial charge in [-0.15, -0.1) is 0 Å². The molecule has 0 fully saturated rings. The summed E-state index contributed by atoms with van der Waals surface area (Å²) in [4.78, 5) is 23.9. The van der Waals surface area contributed by atoms with Gasteiger partial charge in [0.1, 0.15) is 11.5 Å². The maximum Gasteiger partial charge on any atom is 0.276 e. The Hall–Kier alpha value is -3.02. The molecule has 0 unspecified atom stereocenters. The predicted octanol–water partition coefficient (Wildman–Crippen LogP) is 2.83. The molecule has 6 nitrogen and oxygen atoms in total. The van der Waals surface area contributed by atoms with Crippen LogP contribution in [-0.4, -0.2) is 25.5 Å². The number of amides is 2. The van der Waals surface area contributed by atoms with Crippen molar-refractivity contribution in [2.24, 2.45) is 0 Å². The molecule has 2 rings (SSSR count). The van der Waals surface area contributed by atoms with Crippen LogP contribution >= 0.6 is 0 Å². The van der Waals surface area contributed by atoms with Gasteiger partial charge < -0.3 is 9.47 Å². The Bertz CT molecular complexity index is 764. The molecule has 0 saturated carbocycles. The van der Waals surface area contributed by atoms with Crippen molar-refractivity contribution in [3.63, 3.8) is 0 Å². The standard InChI is InChI=1S/C20H24N2O4/c1-20(2,3)16-7-5-6-8-17(16)26-13-18(23)21-22-19(24)14-9-11-15(25-4)12-10-14/h5-12H,13H2,1-4H3,(H,21,23)(H,22,24). The molecule has 0 heterocycles. The lowest BCUT2D eigenvalue weighted by atomic mass is 9.86. The Morgan fingerprint density at radius 2 is 1.62 bits per heavy atom.